The van der Waals surface area contributed by atoms with Crippen molar-refractivity contribution in [1.29, 1.82) is 0 Å². The molecule has 1 aliphatic rings. The summed E-state index contributed by atoms with van der Waals surface area (Å²) >= 11 is 2.42. The fourth-order valence-corrected chi connectivity index (χ4v) is 4.59. The molecule has 41 heavy (non-hydrogen) atoms. The molecule has 1 N–H and O–H groups in total. The molecule has 2 aromatic rings. The SMILES string of the molecule is CC.CCC(C)(F)F.CSNC(=O)C(C)(C)COc1cc2c(cc1C(F)(F)F)N(c1ccc(F)cc1)CCN(C)S2. The van der Waals surface area contributed by atoms with Crippen LogP contribution in [0.1, 0.15) is 53.5 Å². The molecule has 1 heterocycles. The monoisotopic (exact) mass is 627 g/mol. The Balaban J connectivity index is 0.000000931. The molecule has 0 bridgehead atoms. The van der Waals surface area contributed by atoms with E-state index in [4.69, 9.17) is 4.74 Å². The van der Waals surface area contributed by atoms with Crippen molar-refractivity contribution in [1.82, 2.24) is 9.03 Å². The predicted octanol–water partition coefficient (Wildman–Crippen LogP) is 8.81. The molecule has 0 aromatic heterocycles. The van der Waals surface area contributed by atoms with Crippen molar-refractivity contribution in [2.45, 2.75) is 65.0 Å². The zero-order valence-electron chi connectivity index (χ0n) is 24.6. The van der Waals surface area contributed by atoms with Crippen molar-refractivity contribution < 1.29 is 35.9 Å². The third-order valence-electron chi connectivity index (χ3n) is 5.71. The standard InChI is InChI=1S/C22H25F4N3O2S2.C4H8F2.C2H6/c1-21(2,20(30)27-32-4)13-31-18-12-19-17(11-16(18)22(24,25)26)29(10-9-28(3)33-19)15-7-5-14(23)6-8-15;1-3-4(2,5)6;1-2/h5-8,11-12H,9-10,13H2,1-4H3,(H,27,30);3H2,1-2H3;1-2H3. The van der Waals surface area contributed by atoms with Crippen LogP contribution in [0, 0.1) is 11.2 Å². The van der Waals surface area contributed by atoms with Crippen LogP contribution in [0.2, 0.25) is 0 Å². The van der Waals surface area contributed by atoms with Crippen LogP contribution in [-0.4, -0.2) is 49.1 Å². The molecule has 0 fully saturated rings. The summed E-state index contributed by atoms with van der Waals surface area (Å²) in [6, 6.07) is 8.07. The normalized spacial score (nSPS) is 14.0. The average molecular weight is 628 g/mol. The van der Waals surface area contributed by atoms with Crippen molar-refractivity contribution >= 4 is 41.2 Å². The summed E-state index contributed by atoms with van der Waals surface area (Å²) in [5.41, 5.74) is -1.03. The highest BCUT2D eigenvalue weighted by Crippen LogP contribution is 2.46. The second-order valence-corrected chi connectivity index (χ2v) is 11.5. The van der Waals surface area contributed by atoms with Gasteiger partial charge in [0.1, 0.15) is 18.2 Å². The Morgan fingerprint density at radius 2 is 1.61 bits per heavy atom. The van der Waals surface area contributed by atoms with Crippen molar-refractivity contribution in [3.05, 3.63) is 47.8 Å². The molecule has 0 radical (unpaired) electrons. The van der Waals surface area contributed by atoms with Gasteiger partial charge in [-0.05, 0) is 76.2 Å². The predicted molar refractivity (Wildman–Crippen MR) is 157 cm³/mol. The maximum Gasteiger partial charge on any atom is 0.420 e. The van der Waals surface area contributed by atoms with E-state index in [2.05, 4.69) is 4.72 Å². The second kappa shape index (κ2) is 15.8. The van der Waals surface area contributed by atoms with Crippen molar-refractivity contribution in [3.63, 3.8) is 0 Å². The number of nitrogens with zero attached hydrogens (tertiary/aromatic N) is 2. The van der Waals surface area contributed by atoms with Gasteiger partial charge in [-0.25, -0.2) is 17.5 Å². The van der Waals surface area contributed by atoms with Crippen molar-refractivity contribution in [2.24, 2.45) is 5.41 Å². The van der Waals surface area contributed by atoms with Crippen LogP contribution >= 0.6 is 23.9 Å². The molecule has 1 aliphatic heterocycles. The Kier molecular flexibility index (Phi) is 14.2. The van der Waals surface area contributed by atoms with Gasteiger partial charge in [-0.2, -0.15) is 13.2 Å². The van der Waals surface area contributed by atoms with Crippen LogP contribution in [-0.2, 0) is 11.0 Å². The third-order valence-corrected chi connectivity index (χ3v) is 7.11. The van der Waals surface area contributed by atoms with Gasteiger partial charge >= 0.3 is 6.18 Å². The molecule has 0 saturated heterocycles. The number of alkyl halides is 5. The lowest BCUT2D eigenvalue weighted by atomic mass is 9.94. The summed E-state index contributed by atoms with van der Waals surface area (Å²) in [7, 11) is 1.84. The second-order valence-electron chi connectivity index (χ2n) is 9.62. The number of benzene rings is 2. The zero-order chi connectivity index (χ0) is 31.6. The van der Waals surface area contributed by atoms with E-state index >= 15 is 0 Å². The summed E-state index contributed by atoms with van der Waals surface area (Å²) in [6.45, 7) is 10.3. The first-order chi connectivity index (χ1) is 19.0. The number of amides is 1. The van der Waals surface area contributed by atoms with E-state index in [1.54, 1.807) is 37.1 Å². The average Bonchev–Trinajstić information content (AvgIpc) is 3.06. The Morgan fingerprint density at radius 1 is 1.05 bits per heavy atom. The number of nitrogens with one attached hydrogen (secondary N) is 1. The number of ether oxygens (including phenoxy) is 1. The summed E-state index contributed by atoms with van der Waals surface area (Å²) in [5.74, 6) is -3.56. The maximum absolute atomic E-state index is 14.0. The zero-order valence-corrected chi connectivity index (χ0v) is 26.2. The minimum absolute atomic E-state index is 0.0625. The Morgan fingerprint density at radius 3 is 2.10 bits per heavy atom. The number of carbonyl (C=O) groups excluding carboxylic acids is 1. The number of halogens is 6. The molecule has 232 valence electrons. The lowest BCUT2D eigenvalue weighted by Gasteiger charge is -2.27. The first-order valence-electron chi connectivity index (χ1n) is 13.0. The molecule has 0 saturated carbocycles. The van der Waals surface area contributed by atoms with Gasteiger partial charge in [0.2, 0.25) is 11.8 Å². The van der Waals surface area contributed by atoms with Crippen LogP contribution in [0.15, 0.2) is 41.3 Å². The van der Waals surface area contributed by atoms with Crippen molar-refractivity contribution in [2.75, 3.05) is 37.9 Å². The Bertz CT molecular complexity index is 1110. The fraction of sp³-hybridized carbons (Fsp3) is 0.536. The van der Waals surface area contributed by atoms with E-state index < -0.39 is 28.9 Å². The molecule has 0 aliphatic carbocycles. The van der Waals surface area contributed by atoms with Crippen molar-refractivity contribution in [3.8, 4) is 5.75 Å². The lowest BCUT2D eigenvalue weighted by molar-refractivity contribution is -0.139. The van der Waals surface area contributed by atoms with Gasteiger partial charge in [-0.1, -0.05) is 32.7 Å². The highest BCUT2D eigenvalue weighted by atomic mass is 32.2. The molecule has 0 spiro atoms. The minimum atomic E-state index is -4.67. The fourth-order valence-electron chi connectivity index (χ4n) is 3.19. The van der Waals surface area contributed by atoms with Gasteiger partial charge in [0, 0.05) is 31.5 Å². The van der Waals surface area contributed by atoms with E-state index in [1.165, 1.54) is 37.1 Å². The first kappa shape index (κ1) is 36.8. The van der Waals surface area contributed by atoms with Gasteiger partial charge in [-0.3, -0.25) is 9.52 Å². The van der Waals surface area contributed by atoms with E-state index in [1.807, 2.05) is 25.2 Å². The van der Waals surface area contributed by atoms with Crippen LogP contribution < -0.4 is 14.4 Å². The molecule has 2 aromatic carbocycles. The highest BCUT2D eigenvalue weighted by Gasteiger charge is 2.38. The molecular weight excluding hydrogens is 588 g/mol. The molecule has 0 unspecified atom stereocenters. The van der Waals surface area contributed by atoms with Crippen LogP contribution in [0.5, 0.6) is 5.75 Å². The Labute approximate surface area is 247 Å². The Hall–Kier alpha value is -2.25. The van der Waals surface area contributed by atoms with E-state index in [0.29, 0.717) is 29.4 Å². The molecule has 13 heteroatoms. The number of hydrogen-bond acceptors (Lipinski definition) is 6. The summed E-state index contributed by atoms with van der Waals surface area (Å²) < 4.78 is 88.5. The number of carbonyl (C=O) groups is 1. The van der Waals surface area contributed by atoms with Crippen LogP contribution in [0.4, 0.5) is 37.7 Å². The van der Waals surface area contributed by atoms with E-state index in [0.717, 1.165) is 24.9 Å². The molecule has 3 rings (SSSR count). The van der Waals surface area contributed by atoms with Crippen LogP contribution in [0.3, 0.4) is 0 Å². The minimum Gasteiger partial charge on any atom is -0.492 e. The highest BCUT2D eigenvalue weighted by molar-refractivity contribution is 7.97. The molecule has 5 nitrogen and oxygen atoms in total. The molecule has 1 amide bonds. The van der Waals surface area contributed by atoms with E-state index in [-0.39, 0.29) is 24.7 Å². The lowest BCUT2D eigenvalue weighted by Crippen LogP contribution is -2.38. The van der Waals surface area contributed by atoms with Gasteiger partial charge < -0.3 is 9.64 Å². The number of hydrogen-bond donors (Lipinski definition) is 1. The summed E-state index contributed by atoms with van der Waals surface area (Å²) in [4.78, 5) is 14.5. The maximum atomic E-state index is 14.0. The summed E-state index contributed by atoms with van der Waals surface area (Å²) in [6.07, 6.45) is -3.05. The summed E-state index contributed by atoms with van der Waals surface area (Å²) in [5, 5.41) is 0. The van der Waals surface area contributed by atoms with E-state index in [9.17, 15) is 31.1 Å². The van der Waals surface area contributed by atoms with Gasteiger partial charge in [0.15, 0.2) is 0 Å². The topological polar surface area (TPSA) is 44.8 Å². The quantitative estimate of drug-likeness (QED) is 0.245. The smallest absolute Gasteiger partial charge is 0.420 e. The number of anilines is 2. The number of fused-ring (bicyclic) bond motifs is 1. The van der Waals surface area contributed by atoms with Gasteiger partial charge in [-0.15, -0.1) is 0 Å². The van der Waals surface area contributed by atoms with Gasteiger partial charge in [0.25, 0.3) is 0 Å². The first-order valence-corrected chi connectivity index (χ1v) is 15.0. The molecular formula is C28H39F6N3O2S2. The van der Waals surface area contributed by atoms with Gasteiger partial charge in [0.05, 0.1) is 21.6 Å². The van der Waals surface area contributed by atoms with Crippen LogP contribution in [0.25, 0.3) is 0 Å². The number of rotatable bonds is 7. The molecule has 0 atom stereocenters. The number of likely N-dealkylation sites (N-methyl/N-ethyl adjacent to an activating group) is 1. The third kappa shape index (κ3) is 11.5. The largest absolute Gasteiger partial charge is 0.492 e.